The second-order valence-electron chi connectivity index (χ2n) is 15.9. The van der Waals surface area contributed by atoms with E-state index in [1.807, 2.05) is 82.0 Å². The molecular formula is C40H67N11O5. The van der Waals surface area contributed by atoms with E-state index in [0.717, 1.165) is 50.5 Å². The van der Waals surface area contributed by atoms with Gasteiger partial charge in [-0.3, -0.25) is 14.4 Å². The first kappa shape index (κ1) is 44.6. The number of tetrazole rings is 1. The molecule has 3 amide bonds. The van der Waals surface area contributed by atoms with Gasteiger partial charge in [0.1, 0.15) is 6.04 Å². The fraction of sp³-hybridized carbons (Fsp3) is 0.725. The standard InChI is InChI=1S/C40H67N11O5/c1-11-27(4)35(49(8)39(54)34(26(2)3)43-40(48(6)7)50-22-19-41-20-23-50)32(55-9)25-33(52)51-21-15-18-31(51)36(56-10)28(5)38(53)42-30(37-44-46-47-45-37)24-29-16-13-12-14-17-29/h12-14,16-17,26-28,30-32,34-36,41H,11,15,18-25H2,1-10H3,(H,42,53)(H,44,45,46,47)/t27-,28+,30-,31-,32-,34-,35-,36+/m0/s1. The van der Waals surface area contributed by atoms with Crippen LogP contribution in [0.2, 0.25) is 0 Å². The van der Waals surface area contributed by atoms with Crippen molar-refractivity contribution in [3.8, 4) is 0 Å². The molecule has 16 nitrogen and oxygen atoms in total. The highest BCUT2D eigenvalue weighted by Crippen LogP contribution is 2.30. The maximum atomic E-state index is 14.5. The first-order chi connectivity index (χ1) is 26.8. The van der Waals surface area contributed by atoms with Gasteiger partial charge in [0.15, 0.2) is 11.8 Å². The first-order valence-corrected chi connectivity index (χ1v) is 20.2. The predicted octanol–water partition coefficient (Wildman–Crippen LogP) is 2.37. The highest BCUT2D eigenvalue weighted by atomic mass is 16.5. The van der Waals surface area contributed by atoms with E-state index in [0.29, 0.717) is 25.2 Å². The van der Waals surface area contributed by atoms with E-state index < -0.39 is 30.2 Å². The number of benzene rings is 1. The van der Waals surface area contributed by atoms with Crippen LogP contribution in [-0.4, -0.2) is 162 Å². The number of hydrogen-bond acceptors (Lipinski definition) is 10. The Morgan fingerprint density at radius 3 is 2.29 bits per heavy atom. The molecule has 0 bridgehead atoms. The summed E-state index contributed by atoms with van der Waals surface area (Å²) in [5.74, 6) is 0.138. The number of likely N-dealkylation sites (tertiary alicyclic amines) is 1. The van der Waals surface area contributed by atoms with E-state index in [9.17, 15) is 14.4 Å². The minimum atomic E-state index is -0.613. The zero-order chi connectivity index (χ0) is 40.9. The number of rotatable bonds is 18. The average Bonchev–Trinajstić information content (AvgIpc) is 3.92. The Hall–Kier alpha value is -4.15. The molecule has 2 saturated heterocycles. The molecule has 0 radical (unpaired) electrons. The van der Waals surface area contributed by atoms with Crippen LogP contribution < -0.4 is 10.6 Å². The monoisotopic (exact) mass is 782 g/mol. The zero-order valence-electron chi connectivity index (χ0n) is 35.3. The molecule has 312 valence electrons. The van der Waals surface area contributed by atoms with Crippen molar-refractivity contribution in [3.05, 3.63) is 41.7 Å². The van der Waals surface area contributed by atoms with Gasteiger partial charge < -0.3 is 39.7 Å². The number of methoxy groups -OCH3 is 2. The maximum absolute atomic E-state index is 14.5. The van der Waals surface area contributed by atoms with Crippen molar-refractivity contribution in [1.82, 2.24) is 50.9 Å². The maximum Gasteiger partial charge on any atom is 0.247 e. The molecule has 0 spiro atoms. The third-order valence-electron chi connectivity index (χ3n) is 11.5. The average molecular weight is 782 g/mol. The van der Waals surface area contributed by atoms with Crippen molar-refractivity contribution >= 4 is 23.7 Å². The summed E-state index contributed by atoms with van der Waals surface area (Å²) in [6.45, 7) is 14.0. The molecule has 1 aromatic heterocycles. The minimum absolute atomic E-state index is 0.0350. The molecule has 0 aliphatic carbocycles. The summed E-state index contributed by atoms with van der Waals surface area (Å²) in [7, 11) is 8.95. The van der Waals surface area contributed by atoms with Gasteiger partial charge in [-0.1, -0.05) is 76.6 Å². The van der Waals surface area contributed by atoms with Crippen LogP contribution in [0.1, 0.15) is 77.7 Å². The Kier molecular flexibility index (Phi) is 17.0. The number of nitrogens with one attached hydrogen (secondary N) is 3. The van der Waals surface area contributed by atoms with Crippen LogP contribution >= 0.6 is 0 Å². The van der Waals surface area contributed by atoms with E-state index in [-0.39, 0.29) is 48.1 Å². The molecule has 2 aliphatic rings. The Morgan fingerprint density at radius 1 is 1.02 bits per heavy atom. The molecule has 1 aromatic carbocycles. The summed E-state index contributed by atoms with van der Waals surface area (Å²) < 4.78 is 12.1. The van der Waals surface area contributed by atoms with E-state index in [4.69, 9.17) is 14.5 Å². The number of hydrogen-bond donors (Lipinski definition) is 3. The molecule has 56 heavy (non-hydrogen) atoms. The number of guanidine groups is 1. The predicted molar refractivity (Wildman–Crippen MR) is 216 cm³/mol. The number of ether oxygens (including phenoxy) is 2. The fourth-order valence-electron chi connectivity index (χ4n) is 8.15. The quantitative estimate of drug-likeness (QED) is 0.150. The number of carbonyl (C=O) groups is 3. The van der Waals surface area contributed by atoms with Gasteiger partial charge in [-0.05, 0) is 30.2 Å². The smallest absolute Gasteiger partial charge is 0.247 e. The number of likely N-dealkylation sites (N-methyl/N-ethyl adjacent to an activating group) is 1. The normalized spacial score (nSPS) is 20.2. The number of aliphatic imine (C=N–C) groups is 1. The van der Waals surface area contributed by atoms with Crippen LogP contribution in [0.5, 0.6) is 0 Å². The molecular weight excluding hydrogens is 715 g/mol. The Labute approximate surface area is 333 Å². The minimum Gasteiger partial charge on any atom is -0.379 e. The molecule has 2 aromatic rings. The summed E-state index contributed by atoms with van der Waals surface area (Å²) in [6, 6.07) is 7.99. The number of H-pyrrole nitrogens is 1. The van der Waals surface area contributed by atoms with Crippen molar-refractivity contribution in [2.75, 3.05) is 68.1 Å². The van der Waals surface area contributed by atoms with Gasteiger partial charge in [-0.2, -0.15) is 5.21 Å². The Morgan fingerprint density at radius 2 is 1.71 bits per heavy atom. The molecule has 2 aliphatic heterocycles. The number of aromatic nitrogens is 4. The van der Waals surface area contributed by atoms with Crippen molar-refractivity contribution in [2.24, 2.45) is 22.7 Å². The summed E-state index contributed by atoms with van der Waals surface area (Å²) in [5, 5.41) is 21.0. The second kappa shape index (κ2) is 21.4. The highest BCUT2D eigenvalue weighted by Gasteiger charge is 2.43. The van der Waals surface area contributed by atoms with Gasteiger partial charge in [0.05, 0.1) is 42.7 Å². The lowest BCUT2D eigenvalue weighted by Crippen LogP contribution is -2.55. The number of amides is 3. The Bertz CT molecular complexity index is 1540. The van der Waals surface area contributed by atoms with Gasteiger partial charge in [-0.15, -0.1) is 10.2 Å². The van der Waals surface area contributed by atoms with E-state index in [2.05, 4.69) is 50.0 Å². The van der Waals surface area contributed by atoms with Crippen LogP contribution in [-0.2, 0) is 30.3 Å². The summed E-state index contributed by atoms with van der Waals surface area (Å²) in [4.78, 5) is 55.6. The summed E-state index contributed by atoms with van der Waals surface area (Å²) in [5.41, 5.74) is 1.02. The topological polar surface area (TPSA) is 174 Å². The molecule has 3 N–H and O–H groups in total. The van der Waals surface area contributed by atoms with Crippen molar-refractivity contribution in [1.29, 1.82) is 0 Å². The molecule has 0 saturated carbocycles. The van der Waals surface area contributed by atoms with Gasteiger partial charge in [-0.25, -0.2) is 4.99 Å². The molecule has 8 atom stereocenters. The van der Waals surface area contributed by atoms with Gasteiger partial charge in [0.2, 0.25) is 17.7 Å². The Balaban J connectivity index is 1.51. The number of piperazine rings is 1. The van der Waals surface area contributed by atoms with Crippen molar-refractivity contribution in [2.45, 2.75) is 103 Å². The van der Waals surface area contributed by atoms with Gasteiger partial charge in [0, 0.05) is 74.5 Å². The molecule has 2 fully saturated rings. The van der Waals surface area contributed by atoms with Crippen LogP contribution in [0.4, 0.5) is 0 Å². The number of carbonyl (C=O) groups excluding carboxylic acids is 3. The summed E-state index contributed by atoms with van der Waals surface area (Å²) in [6.07, 6.45) is 1.69. The second-order valence-corrected chi connectivity index (χ2v) is 15.9. The number of nitrogens with zero attached hydrogens (tertiary/aromatic N) is 8. The largest absolute Gasteiger partial charge is 0.379 e. The van der Waals surface area contributed by atoms with E-state index >= 15 is 0 Å². The number of aromatic amines is 1. The van der Waals surface area contributed by atoms with Gasteiger partial charge in [0.25, 0.3) is 0 Å². The van der Waals surface area contributed by atoms with Crippen LogP contribution in [0.3, 0.4) is 0 Å². The van der Waals surface area contributed by atoms with Crippen LogP contribution in [0.15, 0.2) is 35.3 Å². The first-order valence-electron chi connectivity index (χ1n) is 20.2. The van der Waals surface area contributed by atoms with Gasteiger partial charge >= 0.3 is 0 Å². The SMILES string of the molecule is CC[C@H](C)[C@@H]([C@H](CC(=O)N1CCC[C@H]1[C@H](OC)[C@@H](C)C(=O)N[C@@H](Cc1ccccc1)c1nn[nH]n1)OC)N(C)C(=O)[C@@H](N=C(N(C)C)N1CCNCC1)C(C)C. The van der Waals surface area contributed by atoms with Crippen molar-refractivity contribution < 1.29 is 23.9 Å². The zero-order valence-corrected chi connectivity index (χ0v) is 35.3. The van der Waals surface area contributed by atoms with E-state index in [1.54, 1.807) is 19.1 Å². The third-order valence-corrected chi connectivity index (χ3v) is 11.5. The lowest BCUT2D eigenvalue weighted by atomic mass is 9.89. The molecule has 16 heteroatoms. The molecule has 3 heterocycles. The van der Waals surface area contributed by atoms with Crippen molar-refractivity contribution in [3.63, 3.8) is 0 Å². The highest BCUT2D eigenvalue weighted by molar-refractivity contribution is 5.88. The van der Waals surface area contributed by atoms with E-state index in [1.165, 1.54) is 0 Å². The fourth-order valence-corrected chi connectivity index (χ4v) is 8.15. The summed E-state index contributed by atoms with van der Waals surface area (Å²) >= 11 is 0. The van der Waals surface area contributed by atoms with Crippen LogP contribution in [0.25, 0.3) is 0 Å². The lowest BCUT2D eigenvalue weighted by molar-refractivity contribution is -0.146. The lowest BCUT2D eigenvalue weighted by Gasteiger charge is -2.40. The van der Waals surface area contributed by atoms with Crippen LogP contribution in [0, 0.1) is 17.8 Å². The molecule has 0 unspecified atom stereocenters. The molecule has 4 rings (SSSR count). The third kappa shape index (κ3) is 11.2.